The average molecular weight is 402 g/mol. The topological polar surface area (TPSA) is 78.1 Å². The summed E-state index contributed by atoms with van der Waals surface area (Å²) in [5.74, 6) is 0.776. The molecule has 1 amide bonds. The van der Waals surface area contributed by atoms with Crippen LogP contribution in [-0.4, -0.2) is 33.9 Å². The number of hydrogen-bond acceptors (Lipinski definition) is 4. The Morgan fingerprint density at radius 3 is 2.63 bits per heavy atom. The molecule has 2 N–H and O–H groups in total. The quantitative estimate of drug-likeness (QED) is 0.678. The second-order valence-corrected chi connectivity index (χ2v) is 7.96. The first-order valence-corrected chi connectivity index (χ1v) is 10.4. The minimum absolute atomic E-state index is 0.0908. The maximum absolute atomic E-state index is 12.8. The maximum atomic E-state index is 12.8. The molecule has 0 bridgehead atoms. The second kappa shape index (κ2) is 9.05. The van der Waals surface area contributed by atoms with Crippen molar-refractivity contribution in [3.8, 4) is 11.4 Å². The molecule has 4 rings (SSSR count). The Hall–Kier alpha value is -3.25. The Balaban J connectivity index is 1.48. The zero-order chi connectivity index (χ0) is 20.9. The summed E-state index contributed by atoms with van der Waals surface area (Å²) in [6.07, 6.45) is 2.46. The van der Waals surface area contributed by atoms with Gasteiger partial charge in [0.05, 0.1) is 0 Å². The number of aromatic nitrogens is 2. The van der Waals surface area contributed by atoms with Gasteiger partial charge in [-0.25, -0.2) is 4.98 Å². The maximum Gasteiger partial charge on any atom is 0.274 e. The molecule has 6 nitrogen and oxygen atoms in total. The number of hydrogen-bond donors (Lipinski definition) is 2. The third kappa shape index (κ3) is 5.02. The lowest BCUT2D eigenvalue weighted by atomic mass is 9.99. The second-order valence-electron chi connectivity index (χ2n) is 7.96. The number of nitrogens with one attached hydrogen (secondary N) is 2. The molecule has 2 heterocycles. The van der Waals surface area contributed by atoms with Gasteiger partial charge < -0.3 is 10.3 Å². The van der Waals surface area contributed by atoms with Crippen LogP contribution in [0.15, 0.2) is 65.5 Å². The third-order valence-electron chi connectivity index (χ3n) is 5.49. The van der Waals surface area contributed by atoms with Gasteiger partial charge in [0.15, 0.2) is 0 Å². The SMILES string of the molecule is CC1CCN(Cc2cccc(NC(=O)c3cc(=O)[nH]c(-c4ccccc4)n3)c2)CC1. The van der Waals surface area contributed by atoms with Gasteiger partial charge in [-0.05, 0) is 49.5 Å². The highest BCUT2D eigenvalue weighted by atomic mass is 16.2. The molecule has 1 aliphatic heterocycles. The average Bonchev–Trinajstić information content (AvgIpc) is 2.76. The van der Waals surface area contributed by atoms with Crippen LogP contribution in [-0.2, 0) is 6.54 Å². The van der Waals surface area contributed by atoms with Crippen molar-refractivity contribution in [2.45, 2.75) is 26.3 Å². The minimum Gasteiger partial charge on any atom is -0.321 e. The summed E-state index contributed by atoms with van der Waals surface area (Å²) in [6.45, 7) is 5.39. The predicted octanol–water partition coefficient (Wildman–Crippen LogP) is 3.92. The lowest BCUT2D eigenvalue weighted by Crippen LogP contribution is -2.32. The zero-order valence-electron chi connectivity index (χ0n) is 17.1. The van der Waals surface area contributed by atoms with Crippen molar-refractivity contribution >= 4 is 11.6 Å². The molecule has 6 heteroatoms. The molecule has 0 spiro atoms. The van der Waals surface area contributed by atoms with E-state index in [0.29, 0.717) is 11.5 Å². The molecule has 2 aromatic carbocycles. The number of H-pyrrole nitrogens is 1. The Kier molecular flexibility index (Phi) is 6.05. The number of piperidine rings is 1. The molecule has 0 radical (unpaired) electrons. The number of amides is 1. The van der Waals surface area contributed by atoms with Gasteiger partial charge in [0.2, 0.25) is 0 Å². The van der Waals surface area contributed by atoms with Crippen LogP contribution in [0.25, 0.3) is 11.4 Å². The van der Waals surface area contributed by atoms with Crippen LogP contribution in [0.4, 0.5) is 5.69 Å². The minimum atomic E-state index is -0.401. The molecule has 0 atom stereocenters. The normalized spacial score (nSPS) is 15.1. The number of carbonyl (C=O) groups excluding carboxylic acids is 1. The van der Waals surface area contributed by atoms with Crippen LogP contribution in [0.1, 0.15) is 35.8 Å². The Morgan fingerprint density at radius 2 is 1.87 bits per heavy atom. The van der Waals surface area contributed by atoms with Crippen LogP contribution >= 0.6 is 0 Å². The van der Waals surface area contributed by atoms with E-state index in [2.05, 4.69) is 33.2 Å². The van der Waals surface area contributed by atoms with E-state index in [0.717, 1.165) is 36.7 Å². The van der Waals surface area contributed by atoms with E-state index in [1.54, 1.807) is 0 Å². The van der Waals surface area contributed by atoms with Crippen molar-refractivity contribution in [2.24, 2.45) is 5.92 Å². The molecular formula is C24H26N4O2. The number of aromatic amines is 1. The van der Waals surface area contributed by atoms with E-state index in [4.69, 9.17) is 0 Å². The molecule has 1 fully saturated rings. The molecular weight excluding hydrogens is 376 g/mol. The Labute approximate surface area is 176 Å². The summed E-state index contributed by atoms with van der Waals surface area (Å²) in [5.41, 5.74) is 2.34. The van der Waals surface area contributed by atoms with Crippen LogP contribution in [0, 0.1) is 5.92 Å². The van der Waals surface area contributed by atoms with E-state index < -0.39 is 5.91 Å². The lowest BCUT2D eigenvalue weighted by molar-refractivity contribution is 0.102. The molecule has 154 valence electrons. The number of carbonyl (C=O) groups is 1. The van der Waals surface area contributed by atoms with Gasteiger partial charge in [-0.1, -0.05) is 49.4 Å². The molecule has 30 heavy (non-hydrogen) atoms. The van der Waals surface area contributed by atoms with E-state index in [1.807, 2.05) is 48.5 Å². The molecule has 0 saturated carbocycles. The highest BCUT2D eigenvalue weighted by molar-refractivity contribution is 6.03. The number of likely N-dealkylation sites (tertiary alicyclic amines) is 1. The van der Waals surface area contributed by atoms with Gasteiger partial charge in [-0.15, -0.1) is 0 Å². The standard InChI is InChI=1S/C24H26N4O2/c1-17-10-12-28(13-11-17)16-18-6-5-9-20(14-18)25-24(30)21-15-22(29)27-23(26-21)19-7-3-2-4-8-19/h2-9,14-15,17H,10-13,16H2,1H3,(H,25,30)(H,26,27,29). The fourth-order valence-corrected chi connectivity index (χ4v) is 3.73. The van der Waals surface area contributed by atoms with Crippen LogP contribution in [0.2, 0.25) is 0 Å². The third-order valence-corrected chi connectivity index (χ3v) is 5.49. The van der Waals surface area contributed by atoms with Gasteiger partial charge in [0.1, 0.15) is 11.5 Å². The summed E-state index contributed by atoms with van der Waals surface area (Å²) in [5, 5.41) is 2.88. The first-order chi connectivity index (χ1) is 14.6. The van der Waals surface area contributed by atoms with E-state index in [-0.39, 0.29) is 11.3 Å². The van der Waals surface area contributed by atoms with Gasteiger partial charge in [-0.3, -0.25) is 14.5 Å². The van der Waals surface area contributed by atoms with Crippen LogP contribution < -0.4 is 10.9 Å². The van der Waals surface area contributed by atoms with E-state index >= 15 is 0 Å². The van der Waals surface area contributed by atoms with Gasteiger partial charge >= 0.3 is 0 Å². The summed E-state index contributed by atoms with van der Waals surface area (Å²) in [6, 6.07) is 18.4. The fraction of sp³-hybridized carbons (Fsp3) is 0.292. The predicted molar refractivity (Wildman–Crippen MR) is 118 cm³/mol. The molecule has 1 saturated heterocycles. The molecule has 0 aliphatic carbocycles. The summed E-state index contributed by atoms with van der Waals surface area (Å²) < 4.78 is 0. The molecule has 3 aromatic rings. The first kappa shape index (κ1) is 20.0. The van der Waals surface area contributed by atoms with Gasteiger partial charge in [-0.2, -0.15) is 0 Å². The molecule has 1 aliphatic rings. The van der Waals surface area contributed by atoms with Crippen molar-refractivity contribution in [2.75, 3.05) is 18.4 Å². The van der Waals surface area contributed by atoms with Crippen molar-refractivity contribution in [3.05, 3.63) is 82.3 Å². The largest absolute Gasteiger partial charge is 0.321 e. The zero-order valence-corrected chi connectivity index (χ0v) is 17.1. The molecule has 0 unspecified atom stereocenters. The number of anilines is 1. The fourth-order valence-electron chi connectivity index (χ4n) is 3.73. The van der Waals surface area contributed by atoms with Crippen molar-refractivity contribution < 1.29 is 4.79 Å². The van der Waals surface area contributed by atoms with Crippen LogP contribution in [0.3, 0.4) is 0 Å². The smallest absolute Gasteiger partial charge is 0.274 e. The van der Waals surface area contributed by atoms with Crippen LogP contribution in [0.5, 0.6) is 0 Å². The number of nitrogens with zero attached hydrogens (tertiary/aromatic N) is 2. The summed E-state index contributed by atoms with van der Waals surface area (Å²) in [4.78, 5) is 34.3. The monoisotopic (exact) mass is 402 g/mol. The molecule has 1 aromatic heterocycles. The highest BCUT2D eigenvalue weighted by Gasteiger charge is 2.16. The van der Waals surface area contributed by atoms with E-state index in [9.17, 15) is 9.59 Å². The van der Waals surface area contributed by atoms with Crippen molar-refractivity contribution in [1.82, 2.24) is 14.9 Å². The van der Waals surface area contributed by atoms with Gasteiger partial charge in [0.25, 0.3) is 11.5 Å². The summed E-state index contributed by atoms with van der Waals surface area (Å²) >= 11 is 0. The Bertz CT molecular complexity index is 1070. The van der Waals surface area contributed by atoms with Crippen molar-refractivity contribution in [1.29, 1.82) is 0 Å². The number of benzene rings is 2. The lowest BCUT2D eigenvalue weighted by Gasteiger charge is -2.30. The van der Waals surface area contributed by atoms with E-state index in [1.165, 1.54) is 18.9 Å². The van der Waals surface area contributed by atoms with Gasteiger partial charge in [0, 0.05) is 23.9 Å². The number of rotatable bonds is 5. The first-order valence-electron chi connectivity index (χ1n) is 10.4. The van der Waals surface area contributed by atoms with Crippen molar-refractivity contribution in [3.63, 3.8) is 0 Å². The highest BCUT2D eigenvalue weighted by Crippen LogP contribution is 2.20. The summed E-state index contributed by atoms with van der Waals surface area (Å²) in [7, 11) is 0. The Morgan fingerprint density at radius 1 is 1.10 bits per heavy atom.